The van der Waals surface area contributed by atoms with E-state index in [0.717, 1.165) is 6.07 Å². The Labute approximate surface area is 99.5 Å². The summed E-state index contributed by atoms with van der Waals surface area (Å²) in [5.41, 5.74) is -2.14. The smallest absolute Gasteiger partial charge is 0.360 e. The first-order chi connectivity index (χ1) is 7.41. The van der Waals surface area contributed by atoms with Crippen LogP contribution in [-0.4, -0.2) is 21.6 Å². The van der Waals surface area contributed by atoms with Gasteiger partial charge in [0.2, 0.25) is 0 Å². The summed E-state index contributed by atoms with van der Waals surface area (Å²) in [6.07, 6.45) is 0. The summed E-state index contributed by atoms with van der Waals surface area (Å²) in [6.45, 7) is 0. The summed E-state index contributed by atoms with van der Waals surface area (Å²) in [5, 5.41) is 19.2. The first-order valence-electron chi connectivity index (χ1n) is 3.89. The van der Waals surface area contributed by atoms with Gasteiger partial charge in [0.15, 0.2) is 5.75 Å². The van der Waals surface area contributed by atoms with Crippen molar-refractivity contribution in [3.63, 3.8) is 0 Å². The third kappa shape index (κ3) is 2.98. The Bertz CT molecular complexity index is 436. The molecule has 1 unspecified atom stereocenters. The molecule has 0 radical (unpaired) electrons. The molecule has 8 heteroatoms. The lowest BCUT2D eigenvalue weighted by molar-refractivity contribution is -0.385. The summed E-state index contributed by atoms with van der Waals surface area (Å²) in [7, 11) is 0. The normalized spacial score (nSPS) is 11.9. The second-order valence-electron chi connectivity index (χ2n) is 2.64. The summed E-state index contributed by atoms with van der Waals surface area (Å²) in [6, 6.07) is 3.55. The third-order valence-corrected chi connectivity index (χ3v) is 2.05. The van der Waals surface area contributed by atoms with Crippen LogP contribution in [0.3, 0.4) is 0 Å². The first-order valence-corrected chi connectivity index (χ1v) is 4.70. The van der Waals surface area contributed by atoms with E-state index in [1.54, 1.807) is 0 Å². The number of carboxylic acids is 1. The molecule has 1 rings (SSSR count). The lowest BCUT2D eigenvalue weighted by atomic mass is 10.3. The van der Waals surface area contributed by atoms with Crippen molar-refractivity contribution in [2.24, 2.45) is 0 Å². The van der Waals surface area contributed by atoms with Gasteiger partial charge in [-0.3, -0.25) is 10.1 Å². The Balaban J connectivity index is 3.04. The Morgan fingerprint density at radius 1 is 1.56 bits per heavy atom. The molecule has 1 aromatic carbocycles. The van der Waals surface area contributed by atoms with E-state index in [4.69, 9.17) is 28.3 Å². The highest BCUT2D eigenvalue weighted by Gasteiger charge is 2.22. The number of nitro groups is 1. The predicted octanol–water partition coefficient (Wildman–Crippen LogP) is 2.28. The molecule has 16 heavy (non-hydrogen) atoms. The number of carboxylic acid groups (broad SMARTS) is 1. The Morgan fingerprint density at radius 3 is 2.69 bits per heavy atom. The molecule has 1 aromatic rings. The number of rotatable bonds is 4. The average molecular weight is 266 g/mol. The Morgan fingerprint density at radius 2 is 2.19 bits per heavy atom. The van der Waals surface area contributed by atoms with Crippen molar-refractivity contribution in [2.75, 3.05) is 0 Å². The largest absolute Gasteiger partial charge is 0.478 e. The zero-order valence-electron chi connectivity index (χ0n) is 7.59. The van der Waals surface area contributed by atoms with Crippen molar-refractivity contribution in [3.8, 4) is 5.75 Å². The summed E-state index contributed by atoms with van der Waals surface area (Å²) < 4.78 is 4.69. The second-order valence-corrected chi connectivity index (χ2v) is 3.47. The lowest BCUT2D eigenvalue weighted by Crippen LogP contribution is -2.20. The highest BCUT2D eigenvalue weighted by molar-refractivity contribution is 6.31. The molecule has 0 bridgehead atoms. The zero-order chi connectivity index (χ0) is 12.3. The fourth-order valence-corrected chi connectivity index (χ4v) is 1.16. The van der Waals surface area contributed by atoms with E-state index >= 15 is 0 Å². The van der Waals surface area contributed by atoms with Crippen molar-refractivity contribution in [3.05, 3.63) is 33.3 Å². The first kappa shape index (κ1) is 12.5. The van der Waals surface area contributed by atoms with Crippen molar-refractivity contribution in [2.45, 2.75) is 5.56 Å². The molecule has 0 aromatic heterocycles. The van der Waals surface area contributed by atoms with Gasteiger partial charge in [0.25, 0.3) is 5.56 Å². The molecule has 0 saturated carbocycles. The van der Waals surface area contributed by atoms with Crippen LogP contribution in [0.2, 0.25) is 5.02 Å². The van der Waals surface area contributed by atoms with Gasteiger partial charge < -0.3 is 9.84 Å². The molecule has 1 atom stereocenters. The molecule has 0 spiro atoms. The number of nitro benzene ring substituents is 1. The van der Waals surface area contributed by atoms with Crippen molar-refractivity contribution < 1.29 is 19.6 Å². The van der Waals surface area contributed by atoms with Gasteiger partial charge in [-0.15, -0.1) is 0 Å². The number of alkyl halides is 1. The Hall–Kier alpha value is -1.53. The molecule has 1 N–H and O–H groups in total. The maximum absolute atomic E-state index is 10.6. The van der Waals surface area contributed by atoms with E-state index in [9.17, 15) is 14.9 Å². The van der Waals surface area contributed by atoms with Gasteiger partial charge in [-0.05, 0) is 12.1 Å². The van der Waals surface area contributed by atoms with Crippen molar-refractivity contribution >= 4 is 34.9 Å². The van der Waals surface area contributed by atoms with E-state index in [2.05, 4.69) is 4.74 Å². The van der Waals surface area contributed by atoms with Crippen molar-refractivity contribution in [1.29, 1.82) is 0 Å². The van der Waals surface area contributed by atoms with E-state index in [1.165, 1.54) is 12.1 Å². The van der Waals surface area contributed by atoms with Crippen LogP contribution in [0.5, 0.6) is 5.75 Å². The average Bonchev–Trinajstić information content (AvgIpc) is 2.20. The van der Waals surface area contributed by atoms with Crippen LogP contribution in [0.4, 0.5) is 5.69 Å². The van der Waals surface area contributed by atoms with E-state index in [1.807, 2.05) is 0 Å². The van der Waals surface area contributed by atoms with Gasteiger partial charge in [0.1, 0.15) is 0 Å². The number of nitrogens with zero attached hydrogens (tertiary/aromatic N) is 1. The van der Waals surface area contributed by atoms with Crippen LogP contribution in [0.15, 0.2) is 18.2 Å². The van der Waals surface area contributed by atoms with Crippen LogP contribution >= 0.6 is 23.2 Å². The second kappa shape index (κ2) is 5.00. The predicted molar refractivity (Wildman–Crippen MR) is 56.0 cm³/mol. The van der Waals surface area contributed by atoms with Gasteiger partial charge in [-0.1, -0.05) is 23.2 Å². The number of hydrogen-bond donors (Lipinski definition) is 1. The molecule has 86 valence electrons. The fourth-order valence-electron chi connectivity index (χ4n) is 0.895. The van der Waals surface area contributed by atoms with Gasteiger partial charge in [0, 0.05) is 11.1 Å². The number of carbonyl (C=O) groups is 1. The minimum absolute atomic E-state index is 0.139. The monoisotopic (exact) mass is 265 g/mol. The minimum atomic E-state index is -1.69. The maximum atomic E-state index is 10.6. The Kier molecular flexibility index (Phi) is 3.92. The molecular formula is C8H5Cl2NO5. The molecule has 0 heterocycles. The van der Waals surface area contributed by atoms with Gasteiger partial charge in [-0.2, -0.15) is 0 Å². The van der Waals surface area contributed by atoms with Crippen molar-refractivity contribution in [1.82, 2.24) is 0 Å². The van der Waals surface area contributed by atoms with Gasteiger partial charge >= 0.3 is 11.7 Å². The summed E-state index contributed by atoms with van der Waals surface area (Å²) >= 11 is 10.8. The quantitative estimate of drug-likeness (QED) is 0.513. The molecule has 0 aliphatic carbocycles. The number of halogens is 2. The van der Waals surface area contributed by atoms with Crippen LogP contribution in [-0.2, 0) is 4.79 Å². The third-order valence-electron chi connectivity index (χ3n) is 1.54. The summed E-state index contributed by atoms with van der Waals surface area (Å²) in [4.78, 5) is 20.3. The highest BCUT2D eigenvalue weighted by Crippen LogP contribution is 2.31. The molecular weight excluding hydrogens is 261 g/mol. The van der Waals surface area contributed by atoms with Gasteiger partial charge in [-0.25, -0.2) is 4.79 Å². The van der Waals surface area contributed by atoms with Crippen LogP contribution in [0.1, 0.15) is 0 Å². The molecule has 0 amide bonds. The number of ether oxygens (including phenoxy) is 1. The van der Waals surface area contributed by atoms with Crippen LogP contribution < -0.4 is 4.74 Å². The van der Waals surface area contributed by atoms with E-state index < -0.39 is 22.1 Å². The number of benzene rings is 1. The maximum Gasteiger partial charge on any atom is 0.360 e. The van der Waals surface area contributed by atoms with Crippen LogP contribution in [0, 0.1) is 10.1 Å². The van der Waals surface area contributed by atoms with E-state index in [-0.39, 0.29) is 10.8 Å². The standard InChI is InChI=1S/C8H5Cl2NO5/c9-4-1-2-6(5(3-4)11(14)15)16-7(10)8(12)13/h1-3,7H,(H,12,13). The molecule has 6 nitrogen and oxygen atoms in total. The number of aliphatic carboxylic acids is 1. The highest BCUT2D eigenvalue weighted by atomic mass is 35.5. The van der Waals surface area contributed by atoms with E-state index in [0.29, 0.717) is 0 Å². The minimum Gasteiger partial charge on any atom is -0.478 e. The molecule has 0 fully saturated rings. The summed E-state index contributed by atoms with van der Waals surface area (Å²) in [5.74, 6) is -1.69. The molecule has 0 aliphatic rings. The lowest BCUT2D eigenvalue weighted by Gasteiger charge is -2.08. The topological polar surface area (TPSA) is 89.7 Å². The molecule has 0 aliphatic heterocycles. The zero-order valence-corrected chi connectivity index (χ0v) is 9.10. The molecule has 0 saturated heterocycles. The fraction of sp³-hybridized carbons (Fsp3) is 0.125. The van der Waals surface area contributed by atoms with Crippen LogP contribution in [0.25, 0.3) is 0 Å². The number of hydrogen-bond acceptors (Lipinski definition) is 4. The SMILES string of the molecule is O=C(O)C(Cl)Oc1ccc(Cl)cc1[N+](=O)[O-]. The van der Waals surface area contributed by atoms with Gasteiger partial charge in [0.05, 0.1) is 4.92 Å².